The smallest absolute Gasteiger partial charge is 0.282 e. The first-order valence-electron chi connectivity index (χ1n) is 12.7. The molecule has 0 saturated heterocycles. The number of thioether (sulfide) groups is 1. The van der Waals surface area contributed by atoms with Crippen LogP contribution in [0.4, 0.5) is 14.5 Å². The third-order valence-electron chi connectivity index (χ3n) is 8.04. The van der Waals surface area contributed by atoms with Crippen LogP contribution in [0.3, 0.4) is 0 Å². The van der Waals surface area contributed by atoms with Crippen LogP contribution in [0.25, 0.3) is 0 Å². The average Bonchev–Trinajstić information content (AvgIpc) is 3.26. The minimum atomic E-state index is -2.80. The van der Waals surface area contributed by atoms with Crippen molar-refractivity contribution >= 4 is 50.8 Å². The third-order valence-corrected chi connectivity index (χ3v) is 10.4. The van der Waals surface area contributed by atoms with Gasteiger partial charge in [-0.05, 0) is 60.9 Å². The highest BCUT2D eigenvalue weighted by Crippen LogP contribution is 2.72. The molecule has 1 aromatic carbocycles. The van der Waals surface area contributed by atoms with E-state index in [0.29, 0.717) is 23.9 Å². The molecule has 2 saturated carbocycles. The van der Waals surface area contributed by atoms with Crippen molar-refractivity contribution in [3.8, 4) is 0 Å². The van der Waals surface area contributed by atoms with Gasteiger partial charge in [0.2, 0.25) is 5.12 Å². The molecular weight excluding hydrogens is 523 g/mol. The van der Waals surface area contributed by atoms with Gasteiger partial charge in [-0.1, -0.05) is 51.8 Å². The quantitative estimate of drug-likeness (QED) is 0.186. The van der Waals surface area contributed by atoms with Crippen molar-refractivity contribution < 1.29 is 13.6 Å². The second-order valence-electron chi connectivity index (χ2n) is 10.1. The van der Waals surface area contributed by atoms with Gasteiger partial charge < -0.3 is 0 Å². The monoisotopic (exact) mass is 555 g/mol. The molecule has 2 fully saturated rings. The summed E-state index contributed by atoms with van der Waals surface area (Å²) in [7, 11) is 1.58. The summed E-state index contributed by atoms with van der Waals surface area (Å²) in [4.78, 5) is 18.5. The summed E-state index contributed by atoms with van der Waals surface area (Å²) in [5.74, 6) is 0.803. The van der Waals surface area contributed by atoms with Crippen molar-refractivity contribution in [2.24, 2.45) is 29.3 Å². The highest BCUT2D eigenvalue weighted by Gasteiger charge is 2.76. The molecule has 0 bridgehead atoms. The molecule has 0 amide bonds. The van der Waals surface area contributed by atoms with Crippen molar-refractivity contribution in [3.63, 3.8) is 0 Å². The fourth-order valence-corrected chi connectivity index (χ4v) is 8.25. The van der Waals surface area contributed by atoms with Crippen LogP contribution < -0.4 is 0 Å². The summed E-state index contributed by atoms with van der Waals surface area (Å²) in [6, 6.07) is 7.84. The van der Waals surface area contributed by atoms with Crippen LogP contribution in [-0.2, 0) is 11.8 Å². The van der Waals surface area contributed by atoms with E-state index in [1.165, 1.54) is 23.7 Å². The molecule has 4 nitrogen and oxygen atoms in total. The molecule has 4 atom stereocenters. The lowest BCUT2D eigenvalue weighted by Gasteiger charge is -2.17. The molecular formula is C27H33Cl2F2N3OS. The fraction of sp³-hybridized carbons (Fsp3) is 0.593. The molecule has 0 N–H and O–H groups in total. The maximum absolute atomic E-state index is 13.9. The van der Waals surface area contributed by atoms with Crippen LogP contribution in [-0.4, -0.2) is 24.3 Å². The summed E-state index contributed by atoms with van der Waals surface area (Å²) in [6.45, 7) is 5.92. The Bertz CT molecular complexity index is 1150. The molecule has 2 aliphatic rings. The zero-order valence-corrected chi connectivity index (χ0v) is 23.4. The minimum Gasteiger partial charge on any atom is -0.286 e. The molecule has 196 valence electrons. The van der Waals surface area contributed by atoms with Gasteiger partial charge in [0.25, 0.3) is 6.43 Å². The van der Waals surface area contributed by atoms with E-state index < -0.39 is 21.9 Å². The normalized spacial score (nSPS) is 27.6. The highest BCUT2D eigenvalue weighted by molar-refractivity contribution is 8.26. The standard InChI is InChI=1S/C27H33Cl2F2N3OS/c1-5-9-17-12-13-18(14-17)19-10-7-8-11-21(19)32-24(20-15-34(4)33-22(20)23(30)31)36-25(35)26(6-2)16(3)27(26,28)29/h7-8,10-11,15-18,23H,5-6,9,12-14H2,1-4H3/b32-24+. The van der Waals surface area contributed by atoms with Crippen molar-refractivity contribution in [3.05, 3.63) is 47.3 Å². The van der Waals surface area contributed by atoms with Crippen LogP contribution in [0.2, 0.25) is 0 Å². The first-order valence-corrected chi connectivity index (χ1v) is 14.2. The van der Waals surface area contributed by atoms with Crippen LogP contribution in [0.15, 0.2) is 35.5 Å². The maximum Gasteiger partial charge on any atom is 0.282 e. The van der Waals surface area contributed by atoms with Crippen LogP contribution >= 0.6 is 35.0 Å². The van der Waals surface area contributed by atoms with Gasteiger partial charge in [-0.15, -0.1) is 23.2 Å². The van der Waals surface area contributed by atoms with E-state index in [4.69, 9.17) is 28.2 Å². The van der Waals surface area contributed by atoms with Crippen LogP contribution in [0.5, 0.6) is 0 Å². The van der Waals surface area contributed by atoms with E-state index in [1.807, 2.05) is 32.0 Å². The first kappa shape index (κ1) is 27.6. The number of benzene rings is 1. The maximum atomic E-state index is 13.9. The molecule has 1 aromatic heterocycles. The van der Waals surface area contributed by atoms with Crippen LogP contribution in [0.1, 0.15) is 88.5 Å². The number of carbonyl (C=O) groups excluding carboxylic acids is 1. The SMILES string of the molecule is CCCC1CCC(c2ccccc2/N=C(/SC(=O)C2(CC)C(C)C2(Cl)Cl)c2cn(C)nc2C(F)F)C1. The number of aliphatic imine (C=N–C) groups is 1. The zero-order chi connectivity index (χ0) is 26.3. The Balaban J connectivity index is 1.76. The number of carbonyl (C=O) groups is 1. The van der Waals surface area contributed by atoms with E-state index in [-0.39, 0.29) is 21.6 Å². The van der Waals surface area contributed by atoms with Crippen molar-refractivity contribution in [1.82, 2.24) is 9.78 Å². The molecule has 9 heteroatoms. The summed E-state index contributed by atoms with van der Waals surface area (Å²) in [5.41, 5.74) is 0.614. The van der Waals surface area contributed by atoms with Gasteiger partial charge in [0.1, 0.15) is 15.1 Å². The summed E-state index contributed by atoms with van der Waals surface area (Å²) >= 11 is 13.8. The number of halogens is 4. The Hall–Kier alpha value is -1.44. The molecule has 4 rings (SSSR count). The van der Waals surface area contributed by atoms with Crippen molar-refractivity contribution in [2.75, 3.05) is 0 Å². The molecule has 36 heavy (non-hydrogen) atoms. The number of aromatic nitrogens is 2. The van der Waals surface area contributed by atoms with E-state index in [0.717, 1.165) is 36.6 Å². The van der Waals surface area contributed by atoms with Crippen molar-refractivity contribution in [1.29, 1.82) is 0 Å². The zero-order valence-electron chi connectivity index (χ0n) is 21.1. The lowest BCUT2D eigenvalue weighted by atomic mass is 9.93. The lowest BCUT2D eigenvalue weighted by Crippen LogP contribution is -2.21. The topological polar surface area (TPSA) is 47.2 Å². The van der Waals surface area contributed by atoms with Gasteiger partial charge in [-0.3, -0.25) is 9.48 Å². The number of alkyl halides is 4. The average molecular weight is 557 g/mol. The molecule has 0 radical (unpaired) electrons. The van der Waals surface area contributed by atoms with Gasteiger partial charge >= 0.3 is 0 Å². The van der Waals surface area contributed by atoms with Crippen molar-refractivity contribution in [2.45, 2.75) is 76.0 Å². The van der Waals surface area contributed by atoms with Gasteiger partial charge in [0, 0.05) is 19.2 Å². The summed E-state index contributed by atoms with van der Waals surface area (Å²) in [5, 5.41) is 3.91. The molecule has 0 spiro atoms. The summed E-state index contributed by atoms with van der Waals surface area (Å²) < 4.78 is 28.0. The Morgan fingerprint density at radius 2 is 1.97 bits per heavy atom. The second kappa shape index (κ2) is 10.7. The van der Waals surface area contributed by atoms with E-state index in [1.54, 1.807) is 7.05 Å². The predicted octanol–water partition coefficient (Wildman–Crippen LogP) is 8.60. The first-order chi connectivity index (χ1) is 17.1. The Kier molecular flexibility index (Phi) is 8.23. The largest absolute Gasteiger partial charge is 0.286 e. The van der Waals surface area contributed by atoms with E-state index in [2.05, 4.69) is 18.1 Å². The highest BCUT2D eigenvalue weighted by atomic mass is 35.5. The minimum absolute atomic E-state index is 0.158. The van der Waals surface area contributed by atoms with E-state index in [9.17, 15) is 13.6 Å². The fourth-order valence-electron chi connectivity index (χ4n) is 5.86. The Morgan fingerprint density at radius 1 is 1.28 bits per heavy atom. The number of nitrogens with zero attached hydrogens (tertiary/aromatic N) is 3. The molecule has 2 aliphatic carbocycles. The van der Waals surface area contributed by atoms with Gasteiger partial charge in [0.05, 0.1) is 16.7 Å². The molecule has 0 aliphatic heterocycles. The lowest BCUT2D eigenvalue weighted by molar-refractivity contribution is -0.116. The number of aryl methyl sites for hydroxylation is 1. The Labute approximate surface area is 226 Å². The number of rotatable bonds is 8. The van der Waals surface area contributed by atoms with Gasteiger partial charge in [-0.25, -0.2) is 13.8 Å². The number of hydrogen-bond donors (Lipinski definition) is 0. The number of hydrogen-bond acceptors (Lipinski definition) is 4. The van der Waals surface area contributed by atoms with Gasteiger partial charge in [-0.2, -0.15) is 5.10 Å². The van der Waals surface area contributed by atoms with Gasteiger partial charge in [0.15, 0.2) is 0 Å². The number of para-hydroxylation sites is 1. The molecule has 1 heterocycles. The van der Waals surface area contributed by atoms with E-state index >= 15 is 0 Å². The third kappa shape index (κ3) is 4.88. The van der Waals surface area contributed by atoms with Crippen LogP contribution in [0, 0.1) is 17.3 Å². The summed E-state index contributed by atoms with van der Waals surface area (Å²) in [6.07, 6.45) is 4.87. The Morgan fingerprint density at radius 3 is 2.58 bits per heavy atom. The second-order valence-corrected chi connectivity index (χ2v) is 12.4. The predicted molar refractivity (Wildman–Crippen MR) is 145 cm³/mol. The molecule has 2 aromatic rings. The molecule has 4 unspecified atom stereocenters.